The lowest BCUT2D eigenvalue weighted by Crippen LogP contribution is -2.49. The zero-order valence-electron chi connectivity index (χ0n) is 12.9. The molecule has 21 heavy (non-hydrogen) atoms. The monoisotopic (exact) mass is 450 g/mol. The van der Waals surface area contributed by atoms with E-state index in [4.69, 9.17) is 5.14 Å². The predicted octanol–water partition coefficient (Wildman–Crippen LogP) is 0.932. The average Bonchev–Trinajstić information content (AvgIpc) is 2.36. The number of guanidine groups is 1. The van der Waals surface area contributed by atoms with Crippen LogP contribution in [0.2, 0.25) is 0 Å². The van der Waals surface area contributed by atoms with Crippen LogP contribution in [0.1, 0.15) is 20.8 Å². The Morgan fingerprint density at radius 3 is 2.71 bits per heavy atom. The molecule has 0 aromatic carbocycles. The maximum atomic E-state index is 11.0. The van der Waals surface area contributed by atoms with Gasteiger partial charge in [-0.3, -0.25) is 4.99 Å². The Morgan fingerprint density at radius 1 is 1.52 bits per heavy atom. The number of primary sulfonamides is 1. The number of nitrogens with zero attached hydrogens (tertiary/aromatic N) is 2. The van der Waals surface area contributed by atoms with Crippen LogP contribution < -0.4 is 10.5 Å². The fourth-order valence-electron chi connectivity index (χ4n) is 1.98. The van der Waals surface area contributed by atoms with Crippen LogP contribution in [0, 0.1) is 5.92 Å². The van der Waals surface area contributed by atoms with E-state index in [2.05, 4.69) is 29.1 Å². The molecule has 3 N–H and O–H groups in total. The van der Waals surface area contributed by atoms with Gasteiger partial charge in [-0.1, -0.05) is 13.8 Å². The molecular formula is C12H27IN4O2S2. The molecule has 1 aliphatic heterocycles. The third-order valence-corrected chi connectivity index (χ3v) is 5.40. The van der Waals surface area contributed by atoms with E-state index >= 15 is 0 Å². The van der Waals surface area contributed by atoms with Crippen LogP contribution in [0.15, 0.2) is 4.99 Å². The molecule has 1 unspecified atom stereocenters. The Bertz CT molecular complexity index is 429. The van der Waals surface area contributed by atoms with Crippen molar-refractivity contribution in [3.8, 4) is 0 Å². The molecule has 0 bridgehead atoms. The van der Waals surface area contributed by atoms with Crippen LogP contribution in [-0.2, 0) is 10.0 Å². The standard InChI is InChI=1S/C12H26N4O2S2.HI/c1-4-14-12(15-5-8-20(13,17)18)16-6-7-19-11(9-16)10(2)3;/h10-11H,4-9H2,1-3H3,(H,14,15)(H2,13,17,18);1H. The van der Waals surface area contributed by atoms with Crippen molar-refractivity contribution < 1.29 is 8.42 Å². The number of hydrogen-bond acceptors (Lipinski definition) is 4. The summed E-state index contributed by atoms with van der Waals surface area (Å²) in [6.07, 6.45) is 0. The summed E-state index contributed by atoms with van der Waals surface area (Å²) in [6.45, 7) is 9.33. The van der Waals surface area contributed by atoms with Crippen molar-refractivity contribution in [2.24, 2.45) is 16.0 Å². The van der Waals surface area contributed by atoms with Crippen molar-refractivity contribution >= 4 is 51.7 Å². The predicted molar refractivity (Wildman–Crippen MR) is 102 cm³/mol. The first-order valence-corrected chi connectivity index (χ1v) is 9.75. The highest BCUT2D eigenvalue weighted by Crippen LogP contribution is 2.24. The van der Waals surface area contributed by atoms with Crippen molar-refractivity contribution in [2.75, 3.05) is 37.7 Å². The molecule has 1 fully saturated rings. The number of nitrogens with two attached hydrogens (primary N) is 1. The molecule has 0 radical (unpaired) electrons. The SMILES string of the molecule is CCNC(=NCCS(N)(=O)=O)N1CCSC(C(C)C)C1.I. The number of halogens is 1. The van der Waals surface area contributed by atoms with Gasteiger partial charge in [0.15, 0.2) is 5.96 Å². The molecule has 6 nitrogen and oxygen atoms in total. The molecule has 1 heterocycles. The van der Waals surface area contributed by atoms with E-state index < -0.39 is 10.0 Å². The molecule has 1 rings (SSSR count). The van der Waals surface area contributed by atoms with Crippen molar-refractivity contribution in [1.29, 1.82) is 0 Å². The van der Waals surface area contributed by atoms with Gasteiger partial charge in [-0.05, 0) is 12.8 Å². The van der Waals surface area contributed by atoms with Crippen LogP contribution in [0.5, 0.6) is 0 Å². The summed E-state index contributed by atoms with van der Waals surface area (Å²) in [6, 6.07) is 0. The lowest BCUT2D eigenvalue weighted by atomic mass is 10.1. The highest BCUT2D eigenvalue weighted by molar-refractivity contribution is 14.0. The van der Waals surface area contributed by atoms with Crippen molar-refractivity contribution in [1.82, 2.24) is 10.2 Å². The highest BCUT2D eigenvalue weighted by Gasteiger charge is 2.24. The van der Waals surface area contributed by atoms with Gasteiger partial charge in [0.25, 0.3) is 0 Å². The van der Waals surface area contributed by atoms with Gasteiger partial charge in [0.2, 0.25) is 10.0 Å². The van der Waals surface area contributed by atoms with E-state index in [-0.39, 0.29) is 36.3 Å². The first kappa shape index (κ1) is 21.3. The molecular weight excluding hydrogens is 423 g/mol. The number of nitrogens with one attached hydrogen (secondary N) is 1. The number of rotatable bonds is 5. The zero-order chi connectivity index (χ0) is 15.2. The second-order valence-electron chi connectivity index (χ2n) is 5.20. The summed E-state index contributed by atoms with van der Waals surface area (Å²) in [5, 5.41) is 8.82. The van der Waals surface area contributed by atoms with Crippen molar-refractivity contribution in [3.63, 3.8) is 0 Å². The largest absolute Gasteiger partial charge is 0.357 e. The molecule has 0 aliphatic carbocycles. The molecule has 126 valence electrons. The van der Waals surface area contributed by atoms with Gasteiger partial charge in [-0.15, -0.1) is 24.0 Å². The van der Waals surface area contributed by atoms with Gasteiger partial charge >= 0.3 is 0 Å². The van der Waals surface area contributed by atoms with E-state index in [0.29, 0.717) is 11.2 Å². The molecule has 0 spiro atoms. The first-order valence-electron chi connectivity index (χ1n) is 6.98. The third kappa shape index (κ3) is 8.46. The summed E-state index contributed by atoms with van der Waals surface area (Å²) in [5.41, 5.74) is 0. The fraction of sp³-hybridized carbons (Fsp3) is 0.917. The number of sulfonamides is 1. The zero-order valence-corrected chi connectivity index (χ0v) is 16.9. The Kier molecular flexibility index (Phi) is 10.2. The van der Waals surface area contributed by atoms with Crippen molar-refractivity contribution in [3.05, 3.63) is 0 Å². The highest BCUT2D eigenvalue weighted by atomic mass is 127. The van der Waals surface area contributed by atoms with E-state index in [0.717, 1.165) is 31.3 Å². The molecule has 9 heteroatoms. The lowest BCUT2D eigenvalue weighted by Gasteiger charge is -2.36. The average molecular weight is 450 g/mol. The second-order valence-corrected chi connectivity index (χ2v) is 8.28. The van der Waals surface area contributed by atoms with Crippen molar-refractivity contribution in [2.45, 2.75) is 26.0 Å². The minimum absolute atomic E-state index is 0. The molecule has 0 saturated carbocycles. The van der Waals surface area contributed by atoms with Gasteiger partial charge in [0, 0.05) is 30.6 Å². The van der Waals surface area contributed by atoms with E-state index in [1.165, 1.54) is 0 Å². The minimum atomic E-state index is -3.45. The van der Waals surface area contributed by atoms with Crippen LogP contribution in [0.4, 0.5) is 0 Å². The van der Waals surface area contributed by atoms with Crippen LogP contribution in [-0.4, -0.2) is 62.2 Å². The lowest BCUT2D eigenvalue weighted by molar-refractivity contribution is 0.381. The molecule has 1 atom stereocenters. The summed E-state index contributed by atoms with van der Waals surface area (Å²) >= 11 is 2.00. The fourth-order valence-corrected chi connectivity index (χ4v) is 3.62. The third-order valence-electron chi connectivity index (χ3n) is 3.11. The molecule has 0 aromatic rings. The van der Waals surface area contributed by atoms with Gasteiger partial charge in [0.05, 0.1) is 12.3 Å². The Labute approximate surface area is 149 Å². The quantitative estimate of drug-likeness (QED) is 0.370. The van der Waals surface area contributed by atoms with E-state index in [1.54, 1.807) is 0 Å². The normalized spacial score (nSPS) is 20.3. The Balaban J connectivity index is 0.00000400. The maximum Gasteiger partial charge on any atom is 0.210 e. The number of thioether (sulfide) groups is 1. The Hall–Kier alpha value is 0.260. The minimum Gasteiger partial charge on any atom is -0.357 e. The number of hydrogen-bond donors (Lipinski definition) is 2. The molecule has 0 aromatic heterocycles. The van der Waals surface area contributed by atoms with E-state index in [1.807, 2.05) is 18.7 Å². The summed E-state index contributed by atoms with van der Waals surface area (Å²) in [7, 11) is -3.45. The summed E-state index contributed by atoms with van der Waals surface area (Å²) < 4.78 is 21.9. The number of aliphatic imine (C=N–C) groups is 1. The summed E-state index contributed by atoms with van der Waals surface area (Å²) in [4.78, 5) is 6.60. The first-order chi connectivity index (χ1) is 9.33. The Morgan fingerprint density at radius 2 is 2.19 bits per heavy atom. The summed E-state index contributed by atoms with van der Waals surface area (Å²) in [5.74, 6) is 2.37. The molecule has 0 amide bonds. The van der Waals surface area contributed by atoms with Crippen LogP contribution in [0.25, 0.3) is 0 Å². The van der Waals surface area contributed by atoms with Gasteiger partial charge < -0.3 is 10.2 Å². The molecule has 1 saturated heterocycles. The maximum absolute atomic E-state index is 11.0. The van der Waals surface area contributed by atoms with E-state index in [9.17, 15) is 8.42 Å². The topological polar surface area (TPSA) is 87.8 Å². The van der Waals surface area contributed by atoms with Crippen LogP contribution in [0.3, 0.4) is 0 Å². The second kappa shape index (κ2) is 10.1. The van der Waals surface area contributed by atoms with Gasteiger partial charge in [-0.25, -0.2) is 13.6 Å². The molecule has 1 aliphatic rings. The van der Waals surface area contributed by atoms with Gasteiger partial charge in [-0.2, -0.15) is 11.8 Å². The van der Waals surface area contributed by atoms with Crippen LogP contribution >= 0.6 is 35.7 Å². The smallest absolute Gasteiger partial charge is 0.210 e. The van der Waals surface area contributed by atoms with Gasteiger partial charge in [0.1, 0.15) is 0 Å².